The lowest BCUT2D eigenvalue weighted by Gasteiger charge is -2.33. The third kappa shape index (κ3) is 3.47. The number of nitrogens with zero attached hydrogens (tertiary/aromatic N) is 4. The Kier molecular flexibility index (Phi) is 5.54. The summed E-state index contributed by atoms with van der Waals surface area (Å²) in [6, 6.07) is 2.44. The zero-order valence-corrected chi connectivity index (χ0v) is 14.8. The first-order chi connectivity index (χ1) is 11.7. The number of nitrogens with one attached hydrogen (secondary N) is 1. The monoisotopic (exact) mass is 329 g/mol. The van der Waals surface area contributed by atoms with Crippen molar-refractivity contribution in [2.75, 3.05) is 56.7 Å². The normalized spacial score (nSPS) is 18.1. The second-order valence-electron chi connectivity index (χ2n) is 6.60. The van der Waals surface area contributed by atoms with Crippen LogP contribution in [0.5, 0.6) is 0 Å². The number of likely N-dealkylation sites (N-methyl/N-ethyl adjacent to an activating group) is 1. The van der Waals surface area contributed by atoms with Crippen molar-refractivity contribution in [3.8, 4) is 6.07 Å². The van der Waals surface area contributed by atoms with Crippen LogP contribution in [-0.4, -0.2) is 56.3 Å². The Bertz CT molecular complexity index is 619. The van der Waals surface area contributed by atoms with E-state index in [0.29, 0.717) is 13.2 Å². The second kappa shape index (κ2) is 7.82. The number of pyridine rings is 1. The van der Waals surface area contributed by atoms with E-state index in [4.69, 9.17) is 9.72 Å². The maximum atomic E-state index is 9.79. The smallest absolute Gasteiger partial charge is 0.149 e. The first kappa shape index (κ1) is 17.0. The van der Waals surface area contributed by atoms with Crippen molar-refractivity contribution in [1.82, 2.24) is 9.88 Å². The van der Waals surface area contributed by atoms with Crippen molar-refractivity contribution in [2.45, 2.75) is 32.7 Å². The fourth-order valence-corrected chi connectivity index (χ4v) is 3.41. The Balaban J connectivity index is 2.01. The number of fused-ring (bicyclic) bond motifs is 1. The van der Waals surface area contributed by atoms with Crippen LogP contribution in [0.3, 0.4) is 0 Å². The Hall–Kier alpha value is -1.84. The highest BCUT2D eigenvalue weighted by molar-refractivity contribution is 5.67. The molecule has 0 unspecified atom stereocenters. The van der Waals surface area contributed by atoms with Crippen LogP contribution in [0.15, 0.2) is 0 Å². The van der Waals surface area contributed by atoms with Crippen LogP contribution in [0.2, 0.25) is 0 Å². The molecule has 1 saturated heterocycles. The predicted molar refractivity (Wildman–Crippen MR) is 95.4 cm³/mol. The molecule has 24 heavy (non-hydrogen) atoms. The molecule has 6 nitrogen and oxygen atoms in total. The number of nitriles is 1. The van der Waals surface area contributed by atoms with Gasteiger partial charge in [0.25, 0.3) is 0 Å². The third-order valence-electron chi connectivity index (χ3n) is 4.81. The molecule has 0 aliphatic carbocycles. The molecule has 1 aromatic heterocycles. The fourth-order valence-electron chi connectivity index (χ4n) is 3.41. The lowest BCUT2D eigenvalue weighted by atomic mass is 9.95. The van der Waals surface area contributed by atoms with Crippen LogP contribution in [0.4, 0.5) is 11.6 Å². The maximum Gasteiger partial charge on any atom is 0.149 e. The van der Waals surface area contributed by atoms with Crippen molar-refractivity contribution in [3.63, 3.8) is 0 Å². The summed E-state index contributed by atoms with van der Waals surface area (Å²) in [6.07, 6.45) is 3.19. The van der Waals surface area contributed by atoms with Crippen LogP contribution in [0.25, 0.3) is 0 Å². The van der Waals surface area contributed by atoms with E-state index >= 15 is 0 Å². The average Bonchev–Trinajstić information content (AvgIpc) is 2.62. The van der Waals surface area contributed by atoms with E-state index in [9.17, 15) is 5.26 Å². The van der Waals surface area contributed by atoms with Gasteiger partial charge in [0.15, 0.2) is 0 Å². The van der Waals surface area contributed by atoms with Gasteiger partial charge in [0.2, 0.25) is 0 Å². The zero-order valence-electron chi connectivity index (χ0n) is 14.8. The summed E-state index contributed by atoms with van der Waals surface area (Å²) in [4.78, 5) is 9.39. The maximum absolute atomic E-state index is 9.79. The molecule has 0 atom stereocenters. The lowest BCUT2D eigenvalue weighted by Crippen LogP contribution is -2.38. The minimum absolute atomic E-state index is 0.699. The number of ether oxygens (including phenoxy) is 1. The molecular weight excluding hydrogens is 302 g/mol. The van der Waals surface area contributed by atoms with Crippen molar-refractivity contribution in [1.29, 1.82) is 5.26 Å². The fraction of sp³-hybridized carbons (Fsp3) is 0.667. The summed E-state index contributed by atoms with van der Waals surface area (Å²) in [5.41, 5.74) is 3.15. The molecule has 6 heteroatoms. The van der Waals surface area contributed by atoms with Crippen molar-refractivity contribution >= 4 is 11.6 Å². The number of hydrogen-bond donors (Lipinski definition) is 1. The van der Waals surface area contributed by atoms with Gasteiger partial charge in [-0.1, -0.05) is 13.3 Å². The van der Waals surface area contributed by atoms with Gasteiger partial charge in [-0.05, 0) is 25.5 Å². The molecule has 2 aliphatic heterocycles. The van der Waals surface area contributed by atoms with Crippen molar-refractivity contribution in [3.05, 3.63) is 16.7 Å². The molecule has 1 N–H and O–H groups in total. The van der Waals surface area contributed by atoms with Gasteiger partial charge >= 0.3 is 0 Å². The molecule has 0 radical (unpaired) electrons. The van der Waals surface area contributed by atoms with Crippen molar-refractivity contribution < 1.29 is 4.74 Å². The van der Waals surface area contributed by atoms with Crippen LogP contribution < -0.4 is 10.2 Å². The molecular formula is C18H27N5O. The number of morpholine rings is 1. The quantitative estimate of drug-likeness (QED) is 0.834. The van der Waals surface area contributed by atoms with Gasteiger partial charge in [0.1, 0.15) is 17.7 Å². The summed E-state index contributed by atoms with van der Waals surface area (Å²) < 4.78 is 5.46. The molecule has 0 bridgehead atoms. The number of rotatable bonds is 5. The molecule has 0 saturated carbocycles. The molecule has 1 fully saturated rings. The number of unbranched alkanes of at least 4 members (excludes halogenated alkanes) is 1. The average molecular weight is 329 g/mol. The first-order valence-electron chi connectivity index (χ1n) is 8.95. The van der Waals surface area contributed by atoms with E-state index in [1.165, 1.54) is 11.1 Å². The molecule has 130 valence electrons. The third-order valence-corrected chi connectivity index (χ3v) is 4.81. The predicted octanol–water partition coefficient (Wildman–Crippen LogP) is 1.99. The Morgan fingerprint density at radius 1 is 1.25 bits per heavy atom. The molecule has 2 aliphatic rings. The minimum Gasteiger partial charge on any atom is -0.378 e. The summed E-state index contributed by atoms with van der Waals surface area (Å²) in [5.74, 6) is 1.80. The highest BCUT2D eigenvalue weighted by Gasteiger charge is 2.27. The largest absolute Gasteiger partial charge is 0.378 e. The molecule has 3 heterocycles. The van der Waals surface area contributed by atoms with Gasteiger partial charge in [-0.2, -0.15) is 5.26 Å². The lowest BCUT2D eigenvalue weighted by molar-refractivity contribution is 0.122. The summed E-state index contributed by atoms with van der Waals surface area (Å²) in [5, 5.41) is 13.3. The van der Waals surface area contributed by atoms with Crippen LogP contribution >= 0.6 is 0 Å². The highest BCUT2D eigenvalue weighted by atomic mass is 16.5. The molecule has 0 spiro atoms. The summed E-state index contributed by atoms with van der Waals surface area (Å²) in [7, 11) is 2.13. The van der Waals surface area contributed by atoms with E-state index in [1.807, 2.05) is 0 Å². The van der Waals surface area contributed by atoms with Crippen LogP contribution in [-0.2, 0) is 17.7 Å². The molecule has 3 rings (SSSR count). The second-order valence-corrected chi connectivity index (χ2v) is 6.60. The van der Waals surface area contributed by atoms with Crippen molar-refractivity contribution in [2.24, 2.45) is 0 Å². The Labute approximate surface area is 144 Å². The molecule has 1 aromatic rings. The van der Waals surface area contributed by atoms with Crippen LogP contribution in [0.1, 0.15) is 36.5 Å². The van der Waals surface area contributed by atoms with E-state index in [-0.39, 0.29) is 0 Å². The van der Waals surface area contributed by atoms with Gasteiger partial charge in [-0.15, -0.1) is 0 Å². The number of hydrogen-bond acceptors (Lipinski definition) is 6. The zero-order chi connectivity index (χ0) is 16.9. The Morgan fingerprint density at radius 3 is 2.75 bits per heavy atom. The van der Waals surface area contributed by atoms with Gasteiger partial charge in [0, 0.05) is 38.3 Å². The summed E-state index contributed by atoms with van der Waals surface area (Å²) in [6.45, 7) is 7.96. The highest BCUT2D eigenvalue weighted by Crippen LogP contribution is 2.33. The van der Waals surface area contributed by atoms with Crippen LogP contribution in [0, 0.1) is 11.3 Å². The minimum atomic E-state index is 0.699. The van der Waals surface area contributed by atoms with Gasteiger partial charge in [0.05, 0.1) is 18.8 Å². The van der Waals surface area contributed by atoms with E-state index in [1.54, 1.807) is 0 Å². The van der Waals surface area contributed by atoms with E-state index in [0.717, 1.165) is 69.2 Å². The Morgan fingerprint density at radius 2 is 2.04 bits per heavy atom. The number of anilines is 2. The first-order valence-corrected chi connectivity index (χ1v) is 8.95. The topological polar surface area (TPSA) is 64.4 Å². The van der Waals surface area contributed by atoms with Gasteiger partial charge in [-0.25, -0.2) is 4.98 Å². The van der Waals surface area contributed by atoms with E-state index < -0.39 is 0 Å². The van der Waals surface area contributed by atoms with Gasteiger partial charge in [-0.3, -0.25) is 0 Å². The molecule has 0 aromatic carbocycles. The summed E-state index contributed by atoms with van der Waals surface area (Å²) >= 11 is 0. The number of aromatic nitrogens is 1. The van der Waals surface area contributed by atoms with E-state index in [2.05, 4.69) is 35.2 Å². The van der Waals surface area contributed by atoms with Gasteiger partial charge < -0.3 is 19.9 Å². The SMILES string of the molecule is CCCCNc1nc(N2CCOCC2)c(C#N)c2c1CN(C)CC2. The molecule has 0 amide bonds. The standard InChI is InChI=1S/C18H27N5O/c1-3-4-6-20-17-16-13-22(2)7-5-14(16)15(12-19)18(21-17)23-8-10-24-11-9-23/h3-11,13H2,1-2H3,(H,20,21).